The molecule has 1 N–H and O–H groups in total. The highest BCUT2D eigenvalue weighted by Gasteiger charge is 2.38. The highest BCUT2D eigenvalue weighted by Crippen LogP contribution is 2.22. The summed E-state index contributed by atoms with van der Waals surface area (Å²) in [6.07, 6.45) is 1.05. The molecule has 1 aromatic rings. The normalized spacial score (nSPS) is 12.3. The van der Waals surface area contributed by atoms with Crippen LogP contribution in [0.2, 0.25) is 0 Å². The number of aryl methyl sites for hydroxylation is 1. The summed E-state index contributed by atoms with van der Waals surface area (Å²) in [6, 6.07) is 5.40. The van der Waals surface area contributed by atoms with Crippen LogP contribution in [0, 0.1) is 6.92 Å². The number of nitrogens with one attached hydrogen (secondary N) is 1. The molecule has 1 aromatic carbocycles. The lowest BCUT2D eigenvalue weighted by Gasteiger charge is -2.21. The van der Waals surface area contributed by atoms with E-state index in [9.17, 15) is 13.2 Å². The molecular weight excluding hydrogens is 318 g/mol. The minimum Gasteiger partial charge on any atom is -0.325 e. The summed E-state index contributed by atoms with van der Waals surface area (Å²) in [4.78, 5) is 12.0. The second-order valence-electron chi connectivity index (χ2n) is 4.75. The van der Waals surface area contributed by atoms with Crippen LogP contribution in [-0.2, 0) is 14.6 Å². The Morgan fingerprint density at radius 1 is 1.28 bits per heavy atom. The van der Waals surface area contributed by atoms with Gasteiger partial charge in [-0.05, 0) is 44.5 Å². The Bertz CT molecular complexity index is 559. The van der Waals surface area contributed by atoms with E-state index in [1.54, 1.807) is 12.1 Å². The molecule has 0 fully saturated rings. The van der Waals surface area contributed by atoms with Crippen LogP contribution in [0.25, 0.3) is 0 Å². The molecule has 0 saturated carbocycles. The Morgan fingerprint density at radius 2 is 1.83 bits per heavy atom. The lowest BCUT2D eigenvalue weighted by molar-refractivity contribution is -0.117. The fourth-order valence-electron chi connectivity index (χ4n) is 1.26. The van der Waals surface area contributed by atoms with Crippen molar-refractivity contribution in [3.8, 4) is 0 Å². The second kappa shape index (κ2) is 5.01. The molecule has 0 aliphatic carbocycles. The quantitative estimate of drug-likeness (QED) is 0.924. The molecule has 1 amide bonds. The summed E-state index contributed by atoms with van der Waals surface area (Å²) in [7, 11) is -3.47. The number of carbonyl (C=O) groups excluding carboxylic acids is 1. The van der Waals surface area contributed by atoms with E-state index in [1.807, 2.05) is 13.0 Å². The van der Waals surface area contributed by atoms with Crippen LogP contribution in [-0.4, -0.2) is 25.3 Å². The molecule has 0 aliphatic rings. The first-order valence-corrected chi connectivity index (χ1v) is 8.01. The Hall–Kier alpha value is -0.880. The number of sulfone groups is 1. The second-order valence-corrected chi connectivity index (χ2v) is 8.23. The van der Waals surface area contributed by atoms with Gasteiger partial charge < -0.3 is 5.32 Å². The highest BCUT2D eigenvalue weighted by molar-refractivity contribution is 9.10. The van der Waals surface area contributed by atoms with Crippen LogP contribution >= 0.6 is 15.9 Å². The molecule has 0 spiro atoms. The minimum atomic E-state index is -3.47. The molecule has 0 saturated heterocycles. The van der Waals surface area contributed by atoms with Gasteiger partial charge in [-0.1, -0.05) is 15.9 Å². The predicted molar refractivity (Wildman–Crippen MR) is 76.4 cm³/mol. The number of rotatable bonds is 3. The topological polar surface area (TPSA) is 63.2 Å². The molecule has 0 aliphatic heterocycles. The van der Waals surface area contributed by atoms with Gasteiger partial charge in [-0.3, -0.25) is 4.79 Å². The van der Waals surface area contributed by atoms with E-state index in [1.165, 1.54) is 13.8 Å². The summed E-state index contributed by atoms with van der Waals surface area (Å²) in [5, 5.41) is 2.62. The number of halogens is 1. The molecule has 1 rings (SSSR count). The molecule has 18 heavy (non-hydrogen) atoms. The van der Waals surface area contributed by atoms with Crippen LogP contribution in [0.5, 0.6) is 0 Å². The molecule has 0 radical (unpaired) electrons. The van der Waals surface area contributed by atoms with Gasteiger partial charge in [-0.25, -0.2) is 8.42 Å². The summed E-state index contributed by atoms with van der Waals surface area (Å²) < 4.78 is 22.5. The van der Waals surface area contributed by atoms with Gasteiger partial charge >= 0.3 is 0 Å². The van der Waals surface area contributed by atoms with E-state index < -0.39 is 20.5 Å². The lowest BCUT2D eigenvalue weighted by Crippen LogP contribution is -2.43. The van der Waals surface area contributed by atoms with Crippen molar-refractivity contribution in [3.05, 3.63) is 28.2 Å². The molecule has 4 nitrogen and oxygen atoms in total. The van der Waals surface area contributed by atoms with Gasteiger partial charge in [-0.15, -0.1) is 0 Å². The van der Waals surface area contributed by atoms with E-state index in [-0.39, 0.29) is 0 Å². The summed E-state index contributed by atoms with van der Waals surface area (Å²) in [5.41, 5.74) is 1.54. The first kappa shape index (κ1) is 15.2. The van der Waals surface area contributed by atoms with Gasteiger partial charge in [0, 0.05) is 16.4 Å². The number of anilines is 1. The van der Waals surface area contributed by atoms with Crippen LogP contribution in [0.15, 0.2) is 22.7 Å². The lowest BCUT2D eigenvalue weighted by atomic mass is 10.1. The zero-order valence-electron chi connectivity index (χ0n) is 10.7. The first-order valence-electron chi connectivity index (χ1n) is 5.32. The maximum Gasteiger partial charge on any atom is 0.245 e. The van der Waals surface area contributed by atoms with Crippen molar-refractivity contribution in [1.29, 1.82) is 0 Å². The summed E-state index contributed by atoms with van der Waals surface area (Å²) >= 11 is 3.32. The van der Waals surface area contributed by atoms with E-state index in [2.05, 4.69) is 21.2 Å². The summed E-state index contributed by atoms with van der Waals surface area (Å²) in [5.74, 6) is -0.539. The van der Waals surface area contributed by atoms with E-state index in [0.29, 0.717) is 5.69 Å². The van der Waals surface area contributed by atoms with E-state index >= 15 is 0 Å². The Balaban J connectivity index is 3.02. The molecule has 100 valence electrons. The molecule has 6 heteroatoms. The van der Waals surface area contributed by atoms with Crippen molar-refractivity contribution >= 4 is 37.4 Å². The molecule has 0 atom stereocenters. The maximum atomic E-state index is 12.0. The number of carbonyl (C=O) groups is 1. The van der Waals surface area contributed by atoms with Gasteiger partial charge in [0.2, 0.25) is 5.91 Å². The number of amides is 1. The van der Waals surface area contributed by atoms with Crippen molar-refractivity contribution in [1.82, 2.24) is 0 Å². The number of hydrogen-bond acceptors (Lipinski definition) is 3. The van der Waals surface area contributed by atoms with E-state index in [0.717, 1.165) is 16.3 Å². The third-order valence-corrected chi connectivity index (χ3v) is 5.27. The largest absolute Gasteiger partial charge is 0.325 e. The van der Waals surface area contributed by atoms with Crippen molar-refractivity contribution in [2.45, 2.75) is 25.5 Å². The van der Waals surface area contributed by atoms with Gasteiger partial charge in [0.1, 0.15) is 4.75 Å². The first-order chi connectivity index (χ1) is 8.04. The fraction of sp³-hybridized carbons (Fsp3) is 0.417. The van der Waals surface area contributed by atoms with Gasteiger partial charge in [0.05, 0.1) is 0 Å². The van der Waals surface area contributed by atoms with Gasteiger partial charge in [0.15, 0.2) is 9.84 Å². The SMILES string of the molecule is Cc1cc(Br)cc(NC(=O)C(C)(C)S(C)(=O)=O)c1. The van der Waals surface area contributed by atoms with Gasteiger partial charge in [-0.2, -0.15) is 0 Å². The van der Waals surface area contributed by atoms with E-state index in [4.69, 9.17) is 0 Å². The fourth-order valence-corrected chi connectivity index (χ4v) is 2.25. The average molecular weight is 334 g/mol. The smallest absolute Gasteiger partial charge is 0.245 e. The summed E-state index contributed by atoms with van der Waals surface area (Å²) in [6.45, 7) is 4.67. The molecule has 0 aromatic heterocycles. The van der Waals surface area contributed by atoms with Crippen molar-refractivity contribution in [2.75, 3.05) is 11.6 Å². The molecule has 0 heterocycles. The maximum absolute atomic E-state index is 12.0. The minimum absolute atomic E-state index is 0.539. The van der Waals surface area contributed by atoms with Crippen molar-refractivity contribution < 1.29 is 13.2 Å². The molecule has 0 bridgehead atoms. The Kier molecular flexibility index (Phi) is 4.23. The third-order valence-electron chi connectivity index (χ3n) is 2.77. The number of benzene rings is 1. The zero-order chi connectivity index (χ0) is 14.1. The van der Waals surface area contributed by atoms with Gasteiger partial charge in [0.25, 0.3) is 0 Å². The highest BCUT2D eigenvalue weighted by atomic mass is 79.9. The Morgan fingerprint density at radius 3 is 2.28 bits per heavy atom. The average Bonchev–Trinajstić information content (AvgIpc) is 2.13. The van der Waals surface area contributed by atoms with Crippen LogP contribution in [0.1, 0.15) is 19.4 Å². The van der Waals surface area contributed by atoms with Crippen molar-refractivity contribution in [2.24, 2.45) is 0 Å². The van der Waals surface area contributed by atoms with Crippen LogP contribution in [0.3, 0.4) is 0 Å². The van der Waals surface area contributed by atoms with Crippen molar-refractivity contribution in [3.63, 3.8) is 0 Å². The molecule has 0 unspecified atom stereocenters. The third kappa shape index (κ3) is 3.32. The zero-order valence-corrected chi connectivity index (χ0v) is 13.1. The molecular formula is C12H16BrNO3S. The number of hydrogen-bond donors (Lipinski definition) is 1. The monoisotopic (exact) mass is 333 g/mol. The standard InChI is InChI=1S/C12H16BrNO3S/c1-8-5-9(13)7-10(6-8)14-11(15)12(2,3)18(4,16)17/h5-7H,1-4H3,(H,14,15). The Labute approximate surface area is 116 Å². The predicted octanol–water partition coefficient (Wildman–Crippen LogP) is 2.52. The van der Waals surface area contributed by atoms with Crippen LogP contribution < -0.4 is 5.32 Å². The van der Waals surface area contributed by atoms with Crippen LogP contribution in [0.4, 0.5) is 5.69 Å².